The average molecular weight is 320 g/mol. The van der Waals surface area contributed by atoms with Gasteiger partial charge in [0, 0.05) is 18.9 Å². The van der Waals surface area contributed by atoms with Crippen molar-refractivity contribution in [1.29, 1.82) is 0 Å². The van der Waals surface area contributed by atoms with Crippen LogP contribution in [0.3, 0.4) is 0 Å². The third kappa shape index (κ3) is 3.01. The Kier molecular flexibility index (Phi) is 3.82. The molecule has 1 amide bonds. The zero-order chi connectivity index (χ0) is 14.8. The van der Waals surface area contributed by atoms with Crippen molar-refractivity contribution in [3.63, 3.8) is 0 Å². The van der Waals surface area contributed by atoms with E-state index in [0.717, 1.165) is 11.2 Å². The molecule has 0 saturated carbocycles. The number of aromatic nitrogens is 2. The minimum atomic E-state index is -0.232. The fraction of sp³-hybridized carbons (Fsp3) is 0.0667. The number of nitrogens with one attached hydrogen (secondary N) is 1. The molecule has 2 aromatic heterocycles. The van der Waals surface area contributed by atoms with Crippen LogP contribution >= 0.6 is 23.2 Å². The Morgan fingerprint density at radius 1 is 1.14 bits per heavy atom. The van der Waals surface area contributed by atoms with E-state index in [4.69, 9.17) is 23.2 Å². The molecule has 3 rings (SSSR count). The summed E-state index contributed by atoms with van der Waals surface area (Å²) in [5.74, 6) is -0.232. The van der Waals surface area contributed by atoms with Gasteiger partial charge in [0.15, 0.2) is 0 Å². The van der Waals surface area contributed by atoms with Crippen LogP contribution in [0.2, 0.25) is 10.0 Å². The number of carbonyl (C=O) groups is 1. The Labute approximate surface area is 131 Å². The van der Waals surface area contributed by atoms with Crippen molar-refractivity contribution in [2.75, 3.05) is 0 Å². The first-order chi connectivity index (χ1) is 10.1. The summed E-state index contributed by atoms with van der Waals surface area (Å²) in [7, 11) is 0. The molecule has 0 aliphatic heterocycles. The summed E-state index contributed by atoms with van der Waals surface area (Å²) in [5, 5.41) is 3.77. The molecular weight excluding hydrogens is 309 g/mol. The van der Waals surface area contributed by atoms with Crippen LogP contribution in [-0.4, -0.2) is 15.3 Å². The fourth-order valence-corrected chi connectivity index (χ4v) is 2.29. The highest BCUT2D eigenvalue weighted by molar-refractivity contribution is 6.42. The molecule has 2 heterocycles. The number of hydrogen-bond acceptors (Lipinski definition) is 2. The van der Waals surface area contributed by atoms with Crippen LogP contribution in [0.1, 0.15) is 16.1 Å². The van der Waals surface area contributed by atoms with Gasteiger partial charge in [-0.1, -0.05) is 29.3 Å². The maximum atomic E-state index is 12.1. The number of nitrogens with zero attached hydrogens (tertiary/aromatic N) is 2. The van der Waals surface area contributed by atoms with Gasteiger partial charge >= 0.3 is 0 Å². The summed E-state index contributed by atoms with van der Waals surface area (Å²) in [4.78, 5) is 16.4. The van der Waals surface area contributed by atoms with E-state index >= 15 is 0 Å². The molecule has 21 heavy (non-hydrogen) atoms. The molecule has 106 valence electrons. The number of fused-ring (bicyclic) bond motifs is 1. The second-order valence-corrected chi connectivity index (χ2v) is 5.33. The van der Waals surface area contributed by atoms with Gasteiger partial charge in [-0.05, 0) is 35.9 Å². The van der Waals surface area contributed by atoms with E-state index in [1.807, 2.05) is 28.8 Å². The van der Waals surface area contributed by atoms with Crippen molar-refractivity contribution >= 4 is 34.8 Å². The Morgan fingerprint density at radius 2 is 2.00 bits per heavy atom. The van der Waals surface area contributed by atoms with Gasteiger partial charge in [0.25, 0.3) is 5.91 Å². The van der Waals surface area contributed by atoms with E-state index in [0.29, 0.717) is 22.3 Å². The van der Waals surface area contributed by atoms with Crippen molar-refractivity contribution in [1.82, 2.24) is 14.7 Å². The van der Waals surface area contributed by atoms with Crippen molar-refractivity contribution < 1.29 is 4.79 Å². The third-order valence-corrected chi connectivity index (χ3v) is 3.79. The molecule has 1 N–H and O–H groups in total. The lowest BCUT2D eigenvalue weighted by atomic mass is 10.2. The van der Waals surface area contributed by atoms with E-state index in [1.54, 1.807) is 24.4 Å². The van der Waals surface area contributed by atoms with Crippen molar-refractivity contribution in [2.45, 2.75) is 6.54 Å². The van der Waals surface area contributed by atoms with Gasteiger partial charge in [-0.3, -0.25) is 4.79 Å². The van der Waals surface area contributed by atoms with Gasteiger partial charge in [0.2, 0.25) is 0 Å². The van der Waals surface area contributed by atoms with Gasteiger partial charge in [-0.25, -0.2) is 4.98 Å². The minimum absolute atomic E-state index is 0.232. The standard InChI is InChI=1S/C15H11Cl2N3O/c16-11-4-3-10(8-12(11)17)9-18-15(21)13-5-7-20-6-1-2-14(20)19-13/h1-8H,9H2,(H,18,21). The van der Waals surface area contributed by atoms with Gasteiger partial charge in [-0.2, -0.15) is 0 Å². The van der Waals surface area contributed by atoms with E-state index < -0.39 is 0 Å². The molecule has 0 fully saturated rings. The van der Waals surface area contributed by atoms with E-state index in [2.05, 4.69) is 10.3 Å². The predicted octanol–water partition coefficient (Wildman–Crippen LogP) is 3.57. The number of amides is 1. The summed E-state index contributed by atoms with van der Waals surface area (Å²) >= 11 is 11.8. The average Bonchev–Trinajstić information content (AvgIpc) is 2.95. The van der Waals surface area contributed by atoms with Crippen molar-refractivity contribution in [3.8, 4) is 0 Å². The monoisotopic (exact) mass is 319 g/mol. The highest BCUT2D eigenvalue weighted by Gasteiger charge is 2.08. The first-order valence-corrected chi connectivity index (χ1v) is 7.05. The highest BCUT2D eigenvalue weighted by atomic mass is 35.5. The van der Waals surface area contributed by atoms with Gasteiger partial charge < -0.3 is 9.72 Å². The summed E-state index contributed by atoms with van der Waals surface area (Å²) < 4.78 is 1.84. The number of halogens is 2. The lowest BCUT2D eigenvalue weighted by molar-refractivity contribution is 0.0946. The van der Waals surface area contributed by atoms with Crippen LogP contribution in [0, 0.1) is 0 Å². The van der Waals surface area contributed by atoms with E-state index in [9.17, 15) is 4.79 Å². The van der Waals surface area contributed by atoms with Crippen LogP contribution < -0.4 is 5.32 Å². The quantitative estimate of drug-likeness (QED) is 0.802. The number of rotatable bonds is 3. The molecule has 0 radical (unpaired) electrons. The summed E-state index contributed by atoms with van der Waals surface area (Å²) in [6.07, 6.45) is 3.68. The molecule has 0 saturated heterocycles. The smallest absolute Gasteiger partial charge is 0.270 e. The molecule has 0 atom stereocenters. The van der Waals surface area contributed by atoms with Gasteiger partial charge in [0.1, 0.15) is 11.3 Å². The molecular formula is C15H11Cl2N3O. The highest BCUT2D eigenvalue weighted by Crippen LogP contribution is 2.22. The molecule has 0 aliphatic carbocycles. The summed E-state index contributed by atoms with van der Waals surface area (Å²) in [6, 6.07) is 10.6. The van der Waals surface area contributed by atoms with Crippen LogP contribution in [0.4, 0.5) is 0 Å². The number of carbonyl (C=O) groups excluding carboxylic acids is 1. The zero-order valence-electron chi connectivity index (χ0n) is 10.9. The number of benzene rings is 1. The molecule has 1 aromatic carbocycles. The molecule has 0 unspecified atom stereocenters. The Hall–Kier alpha value is -2.04. The molecule has 0 aliphatic rings. The minimum Gasteiger partial charge on any atom is -0.347 e. The lowest BCUT2D eigenvalue weighted by Gasteiger charge is -2.06. The maximum absolute atomic E-state index is 12.1. The largest absolute Gasteiger partial charge is 0.347 e. The molecule has 0 bridgehead atoms. The molecule has 0 spiro atoms. The van der Waals surface area contributed by atoms with E-state index in [-0.39, 0.29) is 5.91 Å². The Bertz CT molecular complexity index is 814. The Morgan fingerprint density at radius 3 is 2.81 bits per heavy atom. The maximum Gasteiger partial charge on any atom is 0.270 e. The first kappa shape index (κ1) is 13.9. The SMILES string of the molecule is O=C(NCc1ccc(Cl)c(Cl)c1)c1ccn2cccc2n1. The van der Waals surface area contributed by atoms with Crippen LogP contribution in [-0.2, 0) is 6.54 Å². The number of hydrogen-bond donors (Lipinski definition) is 1. The second-order valence-electron chi connectivity index (χ2n) is 4.52. The van der Waals surface area contributed by atoms with Gasteiger partial charge in [-0.15, -0.1) is 0 Å². The first-order valence-electron chi connectivity index (χ1n) is 6.29. The summed E-state index contributed by atoms with van der Waals surface area (Å²) in [5.41, 5.74) is 1.99. The Balaban J connectivity index is 1.72. The predicted molar refractivity (Wildman–Crippen MR) is 82.8 cm³/mol. The van der Waals surface area contributed by atoms with Crippen molar-refractivity contribution in [2.24, 2.45) is 0 Å². The van der Waals surface area contributed by atoms with Crippen molar-refractivity contribution in [3.05, 3.63) is 70.1 Å². The van der Waals surface area contributed by atoms with Crippen LogP contribution in [0.25, 0.3) is 5.65 Å². The topological polar surface area (TPSA) is 46.4 Å². The lowest BCUT2D eigenvalue weighted by Crippen LogP contribution is -2.24. The molecule has 3 aromatic rings. The zero-order valence-corrected chi connectivity index (χ0v) is 12.4. The van der Waals surface area contributed by atoms with Crippen LogP contribution in [0.5, 0.6) is 0 Å². The molecule has 4 nitrogen and oxygen atoms in total. The molecule has 6 heteroatoms. The van der Waals surface area contributed by atoms with Gasteiger partial charge in [0.05, 0.1) is 10.0 Å². The van der Waals surface area contributed by atoms with Crippen LogP contribution in [0.15, 0.2) is 48.8 Å². The fourth-order valence-electron chi connectivity index (χ4n) is 1.97. The third-order valence-electron chi connectivity index (χ3n) is 3.05. The summed E-state index contributed by atoms with van der Waals surface area (Å²) in [6.45, 7) is 0.365. The second kappa shape index (κ2) is 5.76. The van der Waals surface area contributed by atoms with E-state index in [1.165, 1.54) is 0 Å². The normalized spacial score (nSPS) is 10.8.